The Bertz CT molecular complexity index is 657. The predicted octanol–water partition coefficient (Wildman–Crippen LogP) is 3.59. The summed E-state index contributed by atoms with van der Waals surface area (Å²) in [5, 5.41) is 3.39. The smallest absolute Gasteiger partial charge is 0.125 e. The topological polar surface area (TPSA) is 34.1 Å². The molecular weight excluding hydrogens is 328 g/mol. The van der Waals surface area contributed by atoms with Gasteiger partial charge in [-0.1, -0.05) is 22.0 Å². The molecule has 0 bridgehead atoms. The number of halogens is 1. The molecule has 0 saturated heterocycles. The van der Waals surface area contributed by atoms with E-state index in [1.54, 1.807) is 0 Å². The molecule has 2 heterocycles. The summed E-state index contributed by atoms with van der Waals surface area (Å²) in [5.74, 6) is 1.07. The van der Waals surface area contributed by atoms with Crippen LogP contribution in [-0.4, -0.2) is 18.6 Å². The Labute approximate surface area is 133 Å². The number of fused-ring (bicyclic) bond motifs is 1. The van der Waals surface area contributed by atoms with Crippen molar-refractivity contribution in [3.8, 4) is 5.75 Å². The summed E-state index contributed by atoms with van der Waals surface area (Å²) in [6.07, 6.45) is 5.71. The van der Waals surface area contributed by atoms with Crippen molar-refractivity contribution in [2.24, 2.45) is 0 Å². The molecule has 1 unspecified atom stereocenters. The molecule has 1 atom stereocenters. The molecule has 21 heavy (non-hydrogen) atoms. The number of benzene rings is 1. The van der Waals surface area contributed by atoms with Crippen LogP contribution < -0.4 is 10.1 Å². The van der Waals surface area contributed by atoms with Crippen molar-refractivity contribution >= 4 is 15.9 Å². The lowest BCUT2D eigenvalue weighted by molar-refractivity contribution is 0.352. The van der Waals surface area contributed by atoms with Crippen molar-refractivity contribution in [1.29, 1.82) is 0 Å². The quantitative estimate of drug-likeness (QED) is 0.918. The number of rotatable bonds is 4. The van der Waals surface area contributed by atoms with Crippen molar-refractivity contribution in [3.05, 3.63) is 57.3 Å². The van der Waals surface area contributed by atoms with Crippen molar-refractivity contribution < 1.29 is 4.74 Å². The van der Waals surface area contributed by atoms with Crippen LogP contribution in [0.15, 0.2) is 35.1 Å². The first-order valence-corrected chi connectivity index (χ1v) is 7.99. The van der Waals surface area contributed by atoms with Gasteiger partial charge in [0.05, 0.1) is 6.61 Å². The van der Waals surface area contributed by atoms with Gasteiger partial charge in [-0.05, 0) is 54.8 Å². The summed E-state index contributed by atoms with van der Waals surface area (Å²) in [6, 6.07) is 6.75. The van der Waals surface area contributed by atoms with Crippen LogP contribution in [0.4, 0.5) is 0 Å². The number of aromatic nitrogens is 1. The Morgan fingerprint density at radius 3 is 2.95 bits per heavy atom. The molecule has 110 valence electrons. The highest BCUT2D eigenvalue weighted by Gasteiger charge is 2.20. The van der Waals surface area contributed by atoms with Gasteiger partial charge in [0.2, 0.25) is 0 Å². The van der Waals surface area contributed by atoms with Gasteiger partial charge in [0.25, 0.3) is 0 Å². The predicted molar refractivity (Wildman–Crippen MR) is 87.8 cm³/mol. The van der Waals surface area contributed by atoms with Crippen LogP contribution in [0, 0.1) is 6.92 Å². The largest absolute Gasteiger partial charge is 0.493 e. The van der Waals surface area contributed by atoms with Crippen LogP contribution in [-0.2, 0) is 12.8 Å². The molecule has 3 rings (SSSR count). The van der Waals surface area contributed by atoms with Crippen LogP contribution in [0.1, 0.15) is 28.3 Å². The molecule has 0 fully saturated rings. The van der Waals surface area contributed by atoms with E-state index in [9.17, 15) is 0 Å². The van der Waals surface area contributed by atoms with E-state index in [0.717, 1.165) is 29.7 Å². The molecule has 1 aliphatic rings. The fraction of sp³-hybridized carbons (Fsp3) is 0.353. The van der Waals surface area contributed by atoms with Gasteiger partial charge in [-0.15, -0.1) is 0 Å². The molecule has 1 N–H and O–H groups in total. The van der Waals surface area contributed by atoms with Crippen molar-refractivity contribution in [3.63, 3.8) is 0 Å². The lowest BCUT2D eigenvalue weighted by Gasteiger charge is -2.18. The molecular formula is C17H19BrN2O. The second-order valence-corrected chi connectivity index (χ2v) is 6.41. The molecule has 1 aromatic heterocycles. The number of aryl methyl sites for hydroxylation is 1. The van der Waals surface area contributed by atoms with E-state index in [0.29, 0.717) is 0 Å². The zero-order valence-corrected chi connectivity index (χ0v) is 13.9. The van der Waals surface area contributed by atoms with Crippen molar-refractivity contribution in [1.82, 2.24) is 10.3 Å². The van der Waals surface area contributed by atoms with Crippen LogP contribution in [0.3, 0.4) is 0 Å². The van der Waals surface area contributed by atoms with Gasteiger partial charge in [0.1, 0.15) is 5.75 Å². The summed E-state index contributed by atoms with van der Waals surface area (Å²) in [6.45, 7) is 2.86. The van der Waals surface area contributed by atoms with Gasteiger partial charge in [-0.25, -0.2) is 0 Å². The van der Waals surface area contributed by atoms with Gasteiger partial charge >= 0.3 is 0 Å². The number of hydrogen-bond acceptors (Lipinski definition) is 3. The minimum Gasteiger partial charge on any atom is -0.493 e. The number of ether oxygens (including phenoxy) is 1. The van der Waals surface area contributed by atoms with E-state index in [-0.39, 0.29) is 6.04 Å². The molecule has 1 aromatic carbocycles. The van der Waals surface area contributed by atoms with E-state index in [4.69, 9.17) is 4.74 Å². The number of nitrogens with one attached hydrogen (secondary N) is 1. The minimum absolute atomic E-state index is 0.236. The highest BCUT2D eigenvalue weighted by atomic mass is 79.9. The molecule has 0 radical (unpaired) electrons. The van der Waals surface area contributed by atoms with E-state index in [2.05, 4.69) is 51.4 Å². The van der Waals surface area contributed by atoms with Gasteiger partial charge in [-0.3, -0.25) is 4.98 Å². The van der Waals surface area contributed by atoms with Crippen molar-refractivity contribution in [2.75, 3.05) is 13.7 Å². The fourth-order valence-electron chi connectivity index (χ4n) is 2.87. The Morgan fingerprint density at radius 1 is 1.33 bits per heavy atom. The maximum Gasteiger partial charge on any atom is 0.125 e. The average Bonchev–Trinajstić information content (AvgIpc) is 2.92. The number of pyridine rings is 1. The van der Waals surface area contributed by atoms with E-state index >= 15 is 0 Å². The third-order valence-electron chi connectivity index (χ3n) is 3.90. The molecule has 0 amide bonds. The first-order valence-electron chi connectivity index (χ1n) is 7.20. The van der Waals surface area contributed by atoms with Gasteiger partial charge < -0.3 is 10.1 Å². The summed E-state index contributed by atoms with van der Waals surface area (Å²) in [7, 11) is 1.99. The second-order valence-electron chi connectivity index (χ2n) is 5.49. The zero-order valence-electron chi connectivity index (χ0n) is 12.3. The van der Waals surface area contributed by atoms with E-state index in [1.807, 2.05) is 19.4 Å². The maximum absolute atomic E-state index is 5.83. The summed E-state index contributed by atoms with van der Waals surface area (Å²) < 4.78 is 6.95. The Morgan fingerprint density at radius 2 is 2.19 bits per heavy atom. The molecule has 3 nitrogen and oxygen atoms in total. The maximum atomic E-state index is 5.83. The van der Waals surface area contributed by atoms with E-state index < -0.39 is 0 Å². The standard InChI is InChI=1S/C17H19BrN2O/c1-11-5-14(10-20-9-11)16(19-2)8-13-7-15(18)6-12-3-4-21-17(12)13/h5-7,9-10,16,19H,3-4,8H2,1-2H3. The number of nitrogens with zero attached hydrogens (tertiary/aromatic N) is 1. The summed E-state index contributed by atoms with van der Waals surface area (Å²) >= 11 is 3.61. The van der Waals surface area contributed by atoms with Crippen LogP contribution in [0.5, 0.6) is 5.75 Å². The Balaban J connectivity index is 1.91. The third kappa shape index (κ3) is 3.11. The first kappa shape index (κ1) is 14.5. The zero-order chi connectivity index (χ0) is 14.8. The van der Waals surface area contributed by atoms with Crippen molar-refractivity contribution in [2.45, 2.75) is 25.8 Å². The molecule has 0 saturated carbocycles. The number of likely N-dealkylation sites (N-methyl/N-ethyl adjacent to an activating group) is 1. The van der Waals surface area contributed by atoms with Crippen LogP contribution >= 0.6 is 15.9 Å². The molecule has 1 aliphatic heterocycles. The normalized spacial score (nSPS) is 14.6. The first-order chi connectivity index (χ1) is 10.2. The minimum atomic E-state index is 0.236. The molecule has 0 aliphatic carbocycles. The Kier molecular flexibility index (Phi) is 4.27. The lowest BCUT2D eigenvalue weighted by Crippen LogP contribution is -2.19. The average molecular weight is 347 g/mol. The number of hydrogen-bond donors (Lipinski definition) is 1. The lowest BCUT2D eigenvalue weighted by atomic mass is 9.97. The summed E-state index contributed by atoms with van der Waals surface area (Å²) in [4.78, 5) is 4.30. The van der Waals surface area contributed by atoms with E-state index in [1.165, 1.54) is 22.3 Å². The van der Waals surface area contributed by atoms with Gasteiger partial charge in [-0.2, -0.15) is 0 Å². The fourth-order valence-corrected chi connectivity index (χ4v) is 3.43. The molecule has 0 spiro atoms. The highest BCUT2D eigenvalue weighted by molar-refractivity contribution is 9.10. The molecule has 4 heteroatoms. The Hall–Kier alpha value is -1.39. The monoisotopic (exact) mass is 346 g/mol. The summed E-state index contributed by atoms with van der Waals surface area (Å²) in [5.41, 5.74) is 4.95. The van der Waals surface area contributed by atoms with Gasteiger partial charge in [0, 0.05) is 29.3 Å². The van der Waals surface area contributed by atoms with Gasteiger partial charge in [0.15, 0.2) is 0 Å². The highest BCUT2D eigenvalue weighted by Crippen LogP contribution is 2.35. The van der Waals surface area contributed by atoms with Crippen LogP contribution in [0.25, 0.3) is 0 Å². The second kappa shape index (κ2) is 6.16. The third-order valence-corrected chi connectivity index (χ3v) is 4.35. The van der Waals surface area contributed by atoms with Crippen LogP contribution in [0.2, 0.25) is 0 Å². The molecule has 2 aromatic rings. The SMILES string of the molecule is CNC(Cc1cc(Br)cc2c1OCC2)c1cncc(C)c1.